The topological polar surface area (TPSA) is 49.9 Å². The molecule has 124 valence electrons. The average molecular weight is 316 g/mol. The van der Waals surface area contributed by atoms with Crippen molar-refractivity contribution >= 4 is 11.8 Å². The highest BCUT2D eigenvalue weighted by Gasteiger charge is 2.37. The van der Waals surface area contributed by atoms with Crippen molar-refractivity contribution in [3.63, 3.8) is 0 Å². The number of rotatable bonds is 4. The highest BCUT2D eigenvalue weighted by molar-refractivity contribution is 5.89. The van der Waals surface area contributed by atoms with Crippen molar-refractivity contribution in [1.29, 1.82) is 0 Å². The minimum absolute atomic E-state index is 0.0636. The van der Waals surface area contributed by atoms with E-state index in [0.29, 0.717) is 32.7 Å². The maximum Gasteiger partial charge on any atom is 0.228 e. The lowest BCUT2D eigenvalue weighted by atomic mass is 9.94. The standard InChI is InChI=1S/C18H24N2O3/c1-13-4-3-5-14-11-20(7-6-16(13)14)18(22)15-10-17(21)19(12-15)8-9-23-2/h3-5,15H,6-12H2,1-2H3. The first-order valence-corrected chi connectivity index (χ1v) is 8.23. The van der Waals surface area contributed by atoms with E-state index in [1.165, 1.54) is 16.7 Å². The zero-order valence-corrected chi connectivity index (χ0v) is 13.9. The van der Waals surface area contributed by atoms with Crippen LogP contribution in [0.3, 0.4) is 0 Å². The van der Waals surface area contributed by atoms with Crippen LogP contribution in [0.5, 0.6) is 0 Å². The number of fused-ring (bicyclic) bond motifs is 1. The van der Waals surface area contributed by atoms with Crippen LogP contribution >= 0.6 is 0 Å². The fraction of sp³-hybridized carbons (Fsp3) is 0.556. The second kappa shape index (κ2) is 6.71. The molecule has 0 spiro atoms. The van der Waals surface area contributed by atoms with Crippen molar-refractivity contribution < 1.29 is 14.3 Å². The van der Waals surface area contributed by atoms with Gasteiger partial charge < -0.3 is 14.5 Å². The molecule has 1 aromatic carbocycles. The number of likely N-dealkylation sites (tertiary alicyclic amines) is 1. The molecular weight excluding hydrogens is 292 g/mol. The zero-order chi connectivity index (χ0) is 16.4. The van der Waals surface area contributed by atoms with Crippen LogP contribution in [0.1, 0.15) is 23.1 Å². The Hall–Kier alpha value is -1.88. The molecule has 23 heavy (non-hydrogen) atoms. The maximum absolute atomic E-state index is 12.8. The van der Waals surface area contributed by atoms with Crippen molar-refractivity contribution in [2.45, 2.75) is 26.3 Å². The maximum atomic E-state index is 12.8. The third-order valence-corrected chi connectivity index (χ3v) is 4.94. The molecule has 0 bridgehead atoms. The summed E-state index contributed by atoms with van der Waals surface area (Å²) in [5.41, 5.74) is 3.92. The van der Waals surface area contributed by atoms with Crippen molar-refractivity contribution in [2.24, 2.45) is 5.92 Å². The van der Waals surface area contributed by atoms with Crippen molar-refractivity contribution in [3.05, 3.63) is 34.9 Å². The van der Waals surface area contributed by atoms with Gasteiger partial charge in [0.1, 0.15) is 0 Å². The van der Waals surface area contributed by atoms with E-state index in [0.717, 1.165) is 13.0 Å². The first kappa shape index (κ1) is 16.0. The molecule has 1 aromatic rings. The van der Waals surface area contributed by atoms with E-state index in [2.05, 4.69) is 19.1 Å². The Balaban J connectivity index is 1.65. The highest BCUT2D eigenvalue weighted by Crippen LogP contribution is 2.26. The van der Waals surface area contributed by atoms with Gasteiger partial charge in [0.2, 0.25) is 11.8 Å². The summed E-state index contributed by atoms with van der Waals surface area (Å²) in [6.45, 7) is 5.15. The van der Waals surface area contributed by atoms with Gasteiger partial charge in [0, 0.05) is 39.7 Å². The molecule has 0 N–H and O–H groups in total. The van der Waals surface area contributed by atoms with Crippen LogP contribution < -0.4 is 0 Å². The summed E-state index contributed by atoms with van der Waals surface area (Å²) in [4.78, 5) is 28.5. The van der Waals surface area contributed by atoms with Gasteiger partial charge in [-0.1, -0.05) is 18.2 Å². The van der Waals surface area contributed by atoms with Gasteiger partial charge in [0.25, 0.3) is 0 Å². The summed E-state index contributed by atoms with van der Waals surface area (Å²) in [6, 6.07) is 6.28. The summed E-state index contributed by atoms with van der Waals surface area (Å²) in [6.07, 6.45) is 1.24. The molecule has 0 saturated carbocycles. The van der Waals surface area contributed by atoms with Crippen LogP contribution in [0, 0.1) is 12.8 Å². The number of carbonyl (C=O) groups is 2. The predicted molar refractivity (Wildman–Crippen MR) is 86.9 cm³/mol. The number of hydrogen-bond donors (Lipinski definition) is 0. The quantitative estimate of drug-likeness (QED) is 0.843. The molecule has 1 fully saturated rings. The van der Waals surface area contributed by atoms with Gasteiger partial charge in [-0.25, -0.2) is 0 Å². The zero-order valence-electron chi connectivity index (χ0n) is 13.9. The van der Waals surface area contributed by atoms with Gasteiger partial charge >= 0.3 is 0 Å². The number of aryl methyl sites for hydroxylation is 1. The molecule has 0 aliphatic carbocycles. The molecule has 2 aliphatic rings. The largest absolute Gasteiger partial charge is 0.383 e. The molecule has 1 atom stereocenters. The minimum atomic E-state index is -0.203. The van der Waals surface area contributed by atoms with Gasteiger partial charge in [-0.2, -0.15) is 0 Å². The van der Waals surface area contributed by atoms with Crippen molar-refractivity contribution in [1.82, 2.24) is 9.80 Å². The van der Waals surface area contributed by atoms with E-state index in [1.807, 2.05) is 11.0 Å². The van der Waals surface area contributed by atoms with Crippen LogP contribution in [-0.2, 0) is 27.3 Å². The Kier molecular flexibility index (Phi) is 4.66. The summed E-state index contributed by atoms with van der Waals surface area (Å²) < 4.78 is 5.03. The number of nitrogens with zero attached hydrogens (tertiary/aromatic N) is 2. The van der Waals surface area contributed by atoms with Gasteiger partial charge in [-0.3, -0.25) is 9.59 Å². The average Bonchev–Trinajstić information content (AvgIpc) is 2.93. The molecule has 0 aromatic heterocycles. The van der Waals surface area contributed by atoms with Gasteiger partial charge in [0.05, 0.1) is 12.5 Å². The lowest BCUT2D eigenvalue weighted by molar-refractivity contribution is -0.136. The van der Waals surface area contributed by atoms with Gasteiger partial charge in [0.15, 0.2) is 0 Å². The predicted octanol–water partition coefficient (Wildman–Crippen LogP) is 1.37. The summed E-state index contributed by atoms with van der Waals surface area (Å²) in [7, 11) is 1.62. The SMILES string of the molecule is COCCN1CC(C(=O)N2CCc3c(C)cccc3C2)CC1=O. The second-order valence-corrected chi connectivity index (χ2v) is 6.46. The van der Waals surface area contributed by atoms with Crippen LogP contribution in [0.4, 0.5) is 0 Å². The number of hydrogen-bond acceptors (Lipinski definition) is 3. The fourth-order valence-electron chi connectivity index (χ4n) is 3.60. The molecule has 2 aliphatic heterocycles. The Labute approximate surface area is 137 Å². The van der Waals surface area contributed by atoms with E-state index in [1.54, 1.807) is 12.0 Å². The molecule has 0 radical (unpaired) electrons. The van der Waals surface area contributed by atoms with E-state index in [4.69, 9.17) is 4.74 Å². The molecule has 1 saturated heterocycles. The Morgan fingerprint density at radius 1 is 1.39 bits per heavy atom. The first-order valence-electron chi connectivity index (χ1n) is 8.23. The molecule has 3 rings (SSSR count). The molecule has 5 nitrogen and oxygen atoms in total. The third-order valence-electron chi connectivity index (χ3n) is 4.94. The number of carbonyl (C=O) groups excluding carboxylic acids is 2. The number of benzene rings is 1. The smallest absolute Gasteiger partial charge is 0.228 e. The number of methoxy groups -OCH3 is 1. The van der Waals surface area contributed by atoms with Crippen LogP contribution in [0.2, 0.25) is 0 Å². The normalized spacial score (nSPS) is 20.8. The lowest BCUT2D eigenvalue weighted by Gasteiger charge is -2.31. The number of amides is 2. The Bertz CT molecular complexity index is 614. The molecule has 2 amide bonds. The minimum Gasteiger partial charge on any atom is -0.383 e. The molecular formula is C18H24N2O3. The van der Waals surface area contributed by atoms with E-state index in [9.17, 15) is 9.59 Å². The van der Waals surface area contributed by atoms with Crippen LogP contribution in [-0.4, -0.2) is 55.0 Å². The molecule has 2 heterocycles. The summed E-state index contributed by atoms with van der Waals surface area (Å²) >= 11 is 0. The lowest BCUT2D eigenvalue weighted by Crippen LogP contribution is -2.41. The summed E-state index contributed by atoms with van der Waals surface area (Å²) in [5, 5.41) is 0. The first-order chi connectivity index (χ1) is 11.1. The van der Waals surface area contributed by atoms with Gasteiger partial charge in [-0.15, -0.1) is 0 Å². The van der Waals surface area contributed by atoms with Crippen molar-refractivity contribution in [2.75, 3.05) is 33.4 Å². The van der Waals surface area contributed by atoms with Crippen LogP contribution in [0.15, 0.2) is 18.2 Å². The Morgan fingerprint density at radius 3 is 3.00 bits per heavy atom. The van der Waals surface area contributed by atoms with Crippen LogP contribution in [0.25, 0.3) is 0 Å². The van der Waals surface area contributed by atoms with E-state index >= 15 is 0 Å². The second-order valence-electron chi connectivity index (χ2n) is 6.46. The summed E-state index contributed by atoms with van der Waals surface area (Å²) in [5.74, 6) is -0.0233. The number of ether oxygens (including phenoxy) is 1. The third kappa shape index (κ3) is 3.24. The van der Waals surface area contributed by atoms with E-state index in [-0.39, 0.29) is 17.7 Å². The molecule has 1 unspecified atom stereocenters. The highest BCUT2D eigenvalue weighted by atomic mass is 16.5. The molecule has 5 heteroatoms. The monoisotopic (exact) mass is 316 g/mol. The van der Waals surface area contributed by atoms with Gasteiger partial charge in [-0.05, 0) is 30.0 Å². The fourth-order valence-corrected chi connectivity index (χ4v) is 3.60. The van der Waals surface area contributed by atoms with E-state index < -0.39 is 0 Å². The Morgan fingerprint density at radius 2 is 2.22 bits per heavy atom. The van der Waals surface area contributed by atoms with Crippen molar-refractivity contribution in [3.8, 4) is 0 Å².